The fourth-order valence-corrected chi connectivity index (χ4v) is 3.45. The Kier molecular flexibility index (Phi) is 3.55. The number of H-pyrrole nitrogens is 1. The smallest absolute Gasteiger partial charge is 0.260 e. The predicted molar refractivity (Wildman–Crippen MR) is 94.1 cm³/mol. The molecule has 0 fully saturated rings. The second-order valence-electron chi connectivity index (χ2n) is 5.27. The molecule has 0 bridgehead atoms. The maximum atomic E-state index is 12.6. The largest absolute Gasteiger partial charge is 0.331 e. The Morgan fingerprint density at radius 2 is 1.88 bits per heavy atom. The average Bonchev–Trinajstić information content (AvgIpc) is 3.25. The van der Waals surface area contributed by atoms with E-state index in [-0.39, 0.29) is 5.91 Å². The second kappa shape index (κ2) is 5.86. The van der Waals surface area contributed by atoms with Crippen molar-refractivity contribution in [1.29, 1.82) is 0 Å². The fraction of sp³-hybridized carbons (Fsp3) is 0.0588. The molecule has 0 aliphatic heterocycles. The van der Waals surface area contributed by atoms with Gasteiger partial charge in [-0.2, -0.15) is 11.3 Å². The number of nitrogens with zero attached hydrogens (tertiary/aromatic N) is 3. The van der Waals surface area contributed by atoms with Gasteiger partial charge in [-0.05, 0) is 34.9 Å². The van der Waals surface area contributed by atoms with Crippen LogP contribution in [0.5, 0.6) is 0 Å². The zero-order chi connectivity index (χ0) is 16.5. The quantitative estimate of drug-likeness (QED) is 0.599. The number of carbonyl (C=O) groups excluding carboxylic acids is 1. The molecule has 0 saturated heterocycles. The number of rotatable bonds is 3. The van der Waals surface area contributed by atoms with Gasteiger partial charge in [-0.3, -0.25) is 20.1 Å². The Morgan fingerprint density at radius 1 is 1.04 bits per heavy atom. The molecule has 0 aliphatic rings. The zero-order valence-corrected chi connectivity index (χ0v) is 13.6. The summed E-state index contributed by atoms with van der Waals surface area (Å²) < 4.78 is 0. The van der Waals surface area contributed by atoms with Crippen LogP contribution in [-0.2, 0) is 0 Å². The van der Waals surface area contributed by atoms with Crippen molar-refractivity contribution in [2.75, 3.05) is 5.32 Å². The second-order valence-corrected chi connectivity index (χ2v) is 6.02. The topological polar surface area (TPSA) is 83.6 Å². The third kappa shape index (κ3) is 2.44. The molecule has 24 heavy (non-hydrogen) atoms. The molecular formula is C17H13N5OS. The van der Waals surface area contributed by atoms with Crippen LogP contribution in [0.4, 0.5) is 5.95 Å². The lowest BCUT2D eigenvalue weighted by Crippen LogP contribution is -2.14. The molecule has 0 atom stereocenters. The number of imidazole rings is 1. The normalized spacial score (nSPS) is 10.9. The third-order valence-corrected chi connectivity index (χ3v) is 4.61. The average molecular weight is 335 g/mol. The lowest BCUT2D eigenvalue weighted by atomic mass is 10.0. The van der Waals surface area contributed by atoms with E-state index in [2.05, 4.69) is 42.9 Å². The van der Waals surface area contributed by atoms with Gasteiger partial charge in [-0.15, -0.1) is 0 Å². The van der Waals surface area contributed by atoms with Crippen molar-refractivity contribution < 1.29 is 4.79 Å². The van der Waals surface area contributed by atoms with E-state index in [9.17, 15) is 4.79 Å². The van der Waals surface area contributed by atoms with Crippen molar-refractivity contribution in [3.05, 3.63) is 58.8 Å². The highest BCUT2D eigenvalue weighted by molar-refractivity contribution is 7.08. The molecule has 118 valence electrons. The van der Waals surface area contributed by atoms with Crippen LogP contribution in [0.3, 0.4) is 0 Å². The van der Waals surface area contributed by atoms with Crippen molar-refractivity contribution in [3.63, 3.8) is 0 Å². The monoisotopic (exact) mass is 335 g/mol. The SMILES string of the molecule is Cc1cscc1-c1ccc(C(=O)Nc2ncc[nH]2)c2nccnc12. The van der Waals surface area contributed by atoms with Crippen molar-refractivity contribution >= 4 is 34.2 Å². The molecule has 0 radical (unpaired) electrons. The van der Waals surface area contributed by atoms with Gasteiger partial charge in [-0.25, -0.2) is 4.98 Å². The summed E-state index contributed by atoms with van der Waals surface area (Å²) in [5.74, 6) is 0.124. The van der Waals surface area contributed by atoms with Gasteiger partial charge in [0.2, 0.25) is 5.95 Å². The number of benzene rings is 1. The summed E-state index contributed by atoms with van der Waals surface area (Å²) in [6.45, 7) is 2.06. The highest BCUT2D eigenvalue weighted by Crippen LogP contribution is 2.32. The van der Waals surface area contributed by atoms with Gasteiger partial charge in [0.1, 0.15) is 5.52 Å². The van der Waals surface area contributed by atoms with Gasteiger partial charge >= 0.3 is 0 Å². The first-order valence-corrected chi connectivity index (χ1v) is 8.26. The first kappa shape index (κ1) is 14.5. The molecule has 1 amide bonds. The minimum absolute atomic E-state index is 0.274. The van der Waals surface area contributed by atoms with Gasteiger partial charge in [0.05, 0.1) is 11.1 Å². The lowest BCUT2D eigenvalue weighted by Gasteiger charge is -2.09. The van der Waals surface area contributed by atoms with E-state index in [0.29, 0.717) is 22.5 Å². The molecule has 2 N–H and O–H groups in total. The van der Waals surface area contributed by atoms with E-state index in [1.165, 1.54) is 5.56 Å². The molecule has 0 saturated carbocycles. The maximum absolute atomic E-state index is 12.6. The summed E-state index contributed by atoms with van der Waals surface area (Å²) in [5, 5.41) is 6.90. The van der Waals surface area contributed by atoms with E-state index in [4.69, 9.17) is 0 Å². The molecule has 4 aromatic rings. The molecule has 3 aromatic heterocycles. The third-order valence-electron chi connectivity index (χ3n) is 3.75. The molecule has 1 aromatic carbocycles. The number of amides is 1. The molecular weight excluding hydrogens is 322 g/mol. The van der Waals surface area contributed by atoms with Crippen LogP contribution in [0.2, 0.25) is 0 Å². The first-order valence-electron chi connectivity index (χ1n) is 7.31. The van der Waals surface area contributed by atoms with Crippen LogP contribution >= 0.6 is 11.3 Å². The molecule has 0 unspecified atom stereocenters. The van der Waals surface area contributed by atoms with Crippen molar-refractivity contribution in [2.45, 2.75) is 6.92 Å². The molecule has 0 aliphatic carbocycles. The maximum Gasteiger partial charge on any atom is 0.260 e. The van der Waals surface area contributed by atoms with E-state index in [0.717, 1.165) is 11.1 Å². The number of fused-ring (bicyclic) bond motifs is 1. The lowest BCUT2D eigenvalue weighted by molar-refractivity contribution is 0.102. The van der Waals surface area contributed by atoms with Crippen LogP contribution < -0.4 is 5.32 Å². The minimum atomic E-state index is -0.274. The molecule has 7 heteroatoms. The minimum Gasteiger partial charge on any atom is -0.331 e. The molecule has 4 rings (SSSR count). The van der Waals surface area contributed by atoms with Gasteiger partial charge in [0.25, 0.3) is 5.91 Å². The Balaban J connectivity index is 1.84. The van der Waals surface area contributed by atoms with E-state index in [1.54, 1.807) is 42.2 Å². The van der Waals surface area contributed by atoms with Crippen molar-refractivity contribution in [2.24, 2.45) is 0 Å². The summed E-state index contributed by atoms with van der Waals surface area (Å²) in [4.78, 5) is 28.3. The molecule has 6 nitrogen and oxygen atoms in total. The van der Waals surface area contributed by atoms with E-state index in [1.807, 2.05) is 6.07 Å². The van der Waals surface area contributed by atoms with Crippen molar-refractivity contribution in [1.82, 2.24) is 19.9 Å². The van der Waals surface area contributed by atoms with Gasteiger partial charge < -0.3 is 4.98 Å². The van der Waals surface area contributed by atoms with Crippen molar-refractivity contribution in [3.8, 4) is 11.1 Å². The molecule has 3 heterocycles. The number of nitrogens with one attached hydrogen (secondary N) is 2. The van der Waals surface area contributed by atoms with Crippen LogP contribution in [0.15, 0.2) is 47.7 Å². The summed E-state index contributed by atoms with van der Waals surface area (Å²) >= 11 is 1.64. The van der Waals surface area contributed by atoms with E-state index >= 15 is 0 Å². The van der Waals surface area contributed by atoms with Crippen LogP contribution in [0, 0.1) is 6.92 Å². The van der Waals surface area contributed by atoms with Gasteiger partial charge in [0, 0.05) is 30.4 Å². The number of aryl methyl sites for hydroxylation is 1. The van der Waals surface area contributed by atoms with Gasteiger partial charge in [-0.1, -0.05) is 6.07 Å². The number of aromatic amines is 1. The number of carbonyl (C=O) groups is 1. The fourth-order valence-electron chi connectivity index (χ4n) is 2.60. The Bertz CT molecular complexity index is 1020. The zero-order valence-electron chi connectivity index (χ0n) is 12.8. The Hall–Kier alpha value is -3.06. The Labute approximate surface area is 141 Å². The standard InChI is InChI=1S/C17H13N5OS/c1-10-8-24-9-13(10)11-2-3-12(15-14(11)18-4-5-19-15)16(23)22-17-20-6-7-21-17/h2-9H,1H3,(H2,20,21,22,23). The number of hydrogen-bond acceptors (Lipinski definition) is 5. The highest BCUT2D eigenvalue weighted by atomic mass is 32.1. The van der Waals surface area contributed by atoms with Crippen LogP contribution in [-0.4, -0.2) is 25.8 Å². The summed E-state index contributed by atoms with van der Waals surface area (Å²) in [6, 6.07) is 3.70. The highest BCUT2D eigenvalue weighted by Gasteiger charge is 2.17. The van der Waals surface area contributed by atoms with E-state index < -0.39 is 0 Å². The number of anilines is 1. The van der Waals surface area contributed by atoms with Crippen LogP contribution in [0.1, 0.15) is 15.9 Å². The number of hydrogen-bond donors (Lipinski definition) is 2. The summed E-state index contributed by atoms with van der Waals surface area (Å²) in [6.07, 6.45) is 6.46. The number of thiophene rings is 1. The van der Waals surface area contributed by atoms with Crippen LogP contribution in [0.25, 0.3) is 22.2 Å². The Morgan fingerprint density at radius 3 is 2.58 bits per heavy atom. The molecule has 0 spiro atoms. The first-order chi connectivity index (χ1) is 11.7. The number of aromatic nitrogens is 4. The summed E-state index contributed by atoms with van der Waals surface area (Å²) in [5.41, 5.74) is 5.02. The summed E-state index contributed by atoms with van der Waals surface area (Å²) in [7, 11) is 0. The van der Waals surface area contributed by atoms with Gasteiger partial charge in [0.15, 0.2) is 0 Å². The predicted octanol–water partition coefficient (Wildman–Crippen LogP) is 3.64.